The van der Waals surface area contributed by atoms with E-state index < -0.39 is 76.1 Å². The molecule has 0 aromatic carbocycles. The Morgan fingerprint density at radius 2 is 0.824 bits per heavy atom. The fourth-order valence-electron chi connectivity index (χ4n) is 1.81. The SMILES string of the molecule is O=S(=O)([O-])C(F)C(F)(F)C(F)(F)C(F)(F)C(F)(F)C(F)(F)C(F)(F)C(F)C(F)C(F)C(F)F.[Na+]. The Kier molecular flexibility index (Phi) is 10.7. The summed E-state index contributed by atoms with van der Waals surface area (Å²) < 4.78 is 264. The van der Waals surface area contributed by atoms with Crippen molar-refractivity contribution >= 4 is 10.1 Å². The molecule has 4 atom stereocenters. The van der Waals surface area contributed by atoms with Gasteiger partial charge in [0.05, 0.1) is 0 Å². The Balaban J connectivity index is 0. The van der Waals surface area contributed by atoms with Crippen molar-refractivity contribution in [3.63, 3.8) is 0 Å². The van der Waals surface area contributed by atoms with Crippen LogP contribution in [0.2, 0.25) is 0 Å². The zero-order chi connectivity index (χ0) is 27.4. The number of rotatable bonds is 11. The van der Waals surface area contributed by atoms with Gasteiger partial charge >= 0.3 is 65.1 Å². The van der Waals surface area contributed by atoms with Crippen molar-refractivity contribution in [2.24, 2.45) is 0 Å². The largest absolute Gasteiger partial charge is 1.00 e. The van der Waals surface area contributed by atoms with E-state index in [-0.39, 0.29) is 29.6 Å². The van der Waals surface area contributed by atoms with Gasteiger partial charge in [0.2, 0.25) is 6.17 Å². The summed E-state index contributed by atoms with van der Waals surface area (Å²) in [6.07, 6.45) is -20.8. The quantitative estimate of drug-likeness (QED) is 0.213. The van der Waals surface area contributed by atoms with Gasteiger partial charge in [0.15, 0.2) is 12.3 Å². The molecule has 0 radical (unpaired) electrons. The van der Waals surface area contributed by atoms with Crippen molar-refractivity contribution in [3.8, 4) is 0 Å². The first kappa shape index (κ1) is 35.8. The maximum atomic E-state index is 13.4. The summed E-state index contributed by atoms with van der Waals surface area (Å²) in [5.74, 6) is -50.0. The monoisotopic (exact) mass is 582 g/mol. The molecular formula is C11H5F18NaO3S. The van der Waals surface area contributed by atoms with Crippen molar-refractivity contribution in [1.82, 2.24) is 0 Å². The van der Waals surface area contributed by atoms with Gasteiger partial charge in [-0.2, -0.15) is 52.7 Å². The first-order chi connectivity index (χ1) is 14.1. The second kappa shape index (κ2) is 10.2. The maximum Gasteiger partial charge on any atom is 1.00 e. The smallest absolute Gasteiger partial charge is 0.746 e. The molecular weight excluding hydrogens is 577 g/mol. The van der Waals surface area contributed by atoms with Crippen LogP contribution in [0.25, 0.3) is 0 Å². The second-order valence-electron chi connectivity index (χ2n) is 5.98. The van der Waals surface area contributed by atoms with Crippen LogP contribution in [0.5, 0.6) is 0 Å². The Bertz CT molecular complexity index is 801. The van der Waals surface area contributed by atoms with Crippen molar-refractivity contribution in [1.29, 1.82) is 0 Å². The number of hydrogen-bond donors (Lipinski definition) is 0. The summed E-state index contributed by atoms with van der Waals surface area (Å²) in [5, 5.41) is 0. The Morgan fingerprint density at radius 1 is 0.529 bits per heavy atom. The van der Waals surface area contributed by atoms with Crippen LogP contribution in [0.3, 0.4) is 0 Å². The van der Waals surface area contributed by atoms with Gasteiger partial charge in [0.1, 0.15) is 10.1 Å². The second-order valence-corrected chi connectivity index (χ2v) is 7.38. The fraction of sp³-hybridized carbons (Fsp3) is 1.00. The van der Waals surface area contributed by atoms with Gasteiger partial charge < -0.3 is 4.55 Å². The Morgan fingerprint density at radius 3 is 1.09 bits per heavy atom. The van der Waals surface area contributed by atoms with E-state index in [1.54, 1.807) is 0 Å². The molecule has 0 saturated heterocycles. The van der Waals surface area contributed by atoms with Gasteiger partial charge in [-0.25, -0.2) is 34.8 Å². The van der Waals surface area contributed by atoms with E-state index in [0.717, 1.165) is 0 Å². The number of alkyl halides is 18. The molecule has 3 nitrogen and oxygen atoms in total. The average molecular weight is 582 g/mol. The molecule has 0 fully saturated rings. The summed E-state index contributed by atoms with van der Waals surface area (Å²) in [4.78, 5) is 0. The normalized spacial score (nSPS) is 18.8. The minimum atomic E-state index is -8.70. The van der Waals surface area contributed by atoms with Crippen LogP contribution in [0, 0.1) is 0 Å². The molecule has 4 unspecified atom stereocenters. The molecule has 0 rings (SSSR count). The Hall–Kier alpha value is -0.350. The summed E-state index contributed by atoms with van der Waals surface area (Å²) in [6, 6.07) is 0. The molecule has 0 saturated carbocycles. The summed E-state index contributed by atoms with van der Waals surface area (Å²) in [7, 11) is -7.44. The zero-order valence-electron chi connectivity index (χ0n) is 15.3. The Labute approximate surface area is 197 Å². The predicted octanol–water partition coefficient (Wildman–Crippen LogP) is 1.92. The fourth-order valence-corrected chi connectivity index (χ4v) is 2.32. The van der Waals surface area contributed by atoms with Crippen LogP contribution in [0.15, 0.2) is 0 Å². The van der Waals surface area contributed by atoms with Crippen molar-refractivity contribution in [2.45, 2.75) is 66.0 Å². The van der Waals surface area contributed by atoms with Crippen LogP contribution < -0.4 is 29.6 Å². The van der Waals surface area contributed by atoms with Gasteiger partial charge in [0.25, 0.3) is 11.9 Å². The van der Waals surface area contributed by atoms with E-state index in [4.69, 9.17) is 0 Å². The molecule has 0 spiro atoms. The standard InChI is InChI=1S/C11H6F18O3S.Na/c12-1(2(13)4(15)16)3(14)6(18,19)8(22,23)10(26,27)11(28,29)9(24,25)7(20,21)5(17)33(30,31)32;/h1-5H,(H,30,31,32);/q;+1/p-1. The van der Waals surface area contributed by atoms with E-state index in [1.807, 2.05) is 0 Å². The van der Waals surface area contributed by atoms with E-state index in [1.165, 1.54) is 0 Å². The third-order valence-corrected chi connectivity index (χ3v) is 4.53. The molecule has 23 heteroatoms. The molecule has 0 aliphatic carbocycles. The molecule has 200 valence electrons. The molecule has 0 amide bonds. The van der Waals surface area contributed by atoms with E-state index in [2.05, 4.69) is 0 Å². The molecule has 0 aromatic rings. The molecule has 0 aliphatic rings. The summed E-state index contributed by atoms with van der Waals surface area (Å²) in [5.41, 5.74) is -6.07. The van der Waals surface area contributed by atoms with Gasteiger partial charge in [-0.15, -0.1) is 0 Å². The first-order valence-electron chi connectivity index (χ1n) is 7.14. The summed E-state index contributed by atoms with van der Waals surface area (Å²) >= 11 is 0. The minimum absolute atomic E-state index is 0. The van der Waals surface area contributed by atoms with Crippen LogP contribution in [0.4, 0.5) is 79.0 Å². The maximum absolute atomic E-state index is 13.4. The van der Waals surface area contributed by atoms with E-state index >= 15 is 0 Å². The number of halogens is 18. The van der Waals surface area contributed by atoms with E-state index in [9.17, 15) is 92.0 Å². The molecule has 0 N–H and O–H groups in total. The van der Waals surface area contributed by atoms with Gasteiger partial charge in [-0.1, -0.05) is 0 Å². The van der Waals surface area contributed by atoms with Gasteiger partial charge in [-0.05, 0) is 0 Å². The van der Waals surface area contributed by atoms with Crippen LogP contribution in [-0.4, -0.2) is 78.9 Å². The predicted molar refractivity (Wildman–Crippen MR) is 65.0 cm³/mol. The number of hydrogen-bond acceptors (Lipinski definition) is 3. The topological polar surface area (TPSA) is 57.2 Å². The van der Waals surface area contributed by atoms with Crippen LogP contribution >= 0.6 is 0 Å². The zero-order valence-corrected chi connectivity index (χ0v) is 18.1. The van der Waals surface area contributed by atoms with Crippen LogP contribution in [-0.2, 0) is 10.1 Å². The first-order valence-corrected chi connectivity index (χ1v) is 8.61. The van der Waals surface area contributed by atoms with Crippen molar-refractivity contribution < 1.29 is 122 Å². The van der Waals surface area contributed by atoms with Crippen molar-refractivity contribution in [2.75, 3.05) is 0 Å². The van der Waals surface area contributed by atoms with E-state index in [0.29, 0.717) is 0 Å². The van der Waals surface area contributed by atoms with Gasteiger partial charge in [-0.3, -0.25) is 0 Å². The third kappa shape index (κ3) is 5.34. The summed E-state index contributed by atoms with van der Waals surface area (Å²) in [6.45, 7) is 0. The molecule has 0 aromatic heterocycles. The minimum Gasteiger partial charge on any atom is -0.746 e. The average Bonchev–Trinajstić information content (AvgIpc) is 2.63. The van der Waals surface area contributed by atoms with Gasteiger partial charge in [0, 0.05) is 0 Å². The molecule has 0 heterocycles. The van der Waals surface area contributed by atoms with Crippen LogP contribution in [0.1, 0.15) is 0 Å². The molecule has 0 aliphatic heterocycles. The molecule has 34 heavy (non-hydrogen) atoms. The third-order valence-electron chi connectivity index (χ3n) is 3.73. The molecule has 0 bridgehead atoms. The van der Waals surface area contributed by atoms with Crippen molar-refractivity contribution in [3.05, 3.63) is 0 Å².